The van der Waals surface area contributed by atoms with Crippen molar-refractivity contribution in [1.82, 2.24) is 0 Å². The Morgan fingerprint density at radius 2 is 1.73 bits per heavy atom. The van der Waals surface area contributed by atoms with Gasteiger partial charge in [0.05, 0.1) is 23.4 Å². The van der Waals surface area contributed by atoms with Crippen molar-refractivity contribution in [1.29, 1.82) is 0 Å². The summed E-state index contributed by atoms with van der Waals surface area (Å²) >= 11 is 0. The van der Waals surface area contributed by atoms with Gasteiger partial charge in [-0.1, -0.05) is 0 Å². The number of aliphatic hydroxyl groups is 2. The maximum Gasteiger partial charge on any atom is 0.181 e. The SMILES string of the molecule is O=S(=O)(CC(O)CO)c1ccc(O)cc1. The highest BCUT2D eigenvalue weighted by Gasteiger charge is 2.18. The number of hydrogen-bond donors (Lipinski definition) is 3. The fourth-order valence-electron chi connectivity index (χ4n) is 1.06. The van der Waals surface area contributed by atoms with Gasteiger partial charge in [0.1, 0.15) is 5.75 Å². The molecule has 0 saturated heterocycles. The van der Waals surface area contributed by atoms with Gasteiger partial charge in [0, 0.05) is 0 Å². The summed E-state index contributed by atoms with van der Waals surface area (Å²) in [5.41, 5.74) is 0. The molecule has 0 heterocycles. The van der Waals surface area contributed by atoms with Crippen molar-refractivity contribution in [2.75, 3.05) is 12.4 Å². The van der Waals surface area contributed by atoms with Crippen molar-refractivity contribution in [2.45, 2.75) is 11.0 Å². The van der Waals surface area contributed by atoms with E-state index < -0.39 is 28.3 Å². The van der Waals surface area contributed by atoms with E-state index in [1.807, 2.05) is 0 Å². The highest BCUT2D eigenvalue weighted by atomic mass is 32.2. The maximum absolute atomic E-state index is 11.6. The molecule has 84 valence electrons. The van der Waals surface area contributed by atoms with Crippen molar-refractivity contribution in [3.05, 3.63) is 24.3 Å². The standard InChI is InChI=1S/C9H12O5S/c10-5-8(12)6-15(13,14)9-3-1-7(11)2-4-9/h1-4,8,10-12H,5-6H2. The average Bonchev–Trinajstić information content (AvgIpc) is 2.17. The molecule has 0 bridgehead atoms. The van der Waals surface area contributed by atoms with E-state index in [1.165, 1.54) is 24.3 Å². The fraction of sp³-hybridized carbons (Fsp3) is 0.333. The van der Waals surface area contributed by atoms with Gasteiger partial charge in [0.2, 0.25) is 0 Å². The molecular formula is C9H12O5S. The number of hydrogen-bond acceptors (Lipinski definition) is 5. The van der Waals surface area contributed by atoms with Crippen LogP contribution in [0.25, 0.3) is 0 Å². The smallest absolute Gasteiger partial charge is 0.181 e. The van der Waals surface area contributed by atoms with E-state index in [-0.39, 0.29) is 10.6 Å². The maximum atomic E-state index is 11.6. The van der Waals surface area contributed by atoms with Crippen LogP contribution in [0.15, 0.2) is 29.2 Å². The first kappa shape index (κ1) is 12.0. The summed E-state index contributed by atoms with van der Waals surface area (Å²) < 4.78 is 23.1. The number of phenolic OH excluding ortho intramolecular Hbond substituents is 1. The number of aromatic hydroxyl groups is 1. The fourth-order valence-corrected chi connectivity index (χ4v) is 2.41. The Bertz CT molecular complexity index is 409. The van der Waals surface area contributed by atoms with Crippen LogP contribution in [0.3, 0.4) is 0 Å². The summed E-state index contributed by atoms with van der Waals surface area (Å²) in [5, 5.41) is 26.5. The summed E-state index contributed by atoms with van der Waals surface area (Å²) in [6.45, 7) is -0.600. The molecule has 6 heteroatoms. The van der Waals surface area contributed by atoms with Crippen LogP contribution in [0.5, 0.6) is 5.75 Å². The summed E-state index contributed by atoms with van der Waals surface area (Å²) in [5.74, 6) is -0.564. The van der Waals surface area contributed by atoms with Crippen LogP contribution < -0.4 is 0 Å². The Balaban J connectivity index is 2.91. The lowest BCUT2D eigenvalue weighted by Gasteiger charge is -2.08. The first-order valence-corrected chi connectivity index (χ1v) is 5.91. The zero-order valence-corrected chi connectivity index (χ0v) is 8.68. The van der Waals surface area contributed by atoms with Crippen molar-refractivity contribution < 1.29 is 23.7 Å². The number of phenols is 1. The van der Waals surface area contributed by atoms with Crippen LogP contribution in [0, 0.1) is 0 Å². The molecule has 0 aromatic heterocycles. The van der Waals surface area contributed by atoms with Gasteiger partial charge in [0.15, 0.2) is 9.84 Å². The number of sulfone groups is 1. The average molecular weight is 232 g/mol. The van der Waals surface area contributed by atoms with E-state index in [9.17, 15) is 8.42 Å². The van der Waals surface area contributed by atoms with Crippen LogP contribution >= 0.6 is 0 Å². The summed E-state index contributed by atoms with van der Waals surface area (Å²) in [6.07, 6.45) is -1.29. The zero-order chi connectivity index (χ0) is 11.5. The van der Waals surface area contributed by atoms with Gasteiger partial charge < -0.3 is 15.3 Å². The Labute approximate surface area is 87.5 Å². The Morgan fingerprint density at radius 1 is 1.20 bits per heavy atom. The third-order valence-corrected chi connectivity index (χ3v) is 3.63. The Hall–Kier alpha value is -1.11. The molecule has 5 nitrogen and oxygen atoms in total. The number of benzene rings is 1. The van der Waals surface area contributed by atoms with Gasteiger partial charge >= 0.3 is 0 Å². The van der Waals surface area contributed by atoms with Crippen LogP contribution in [-0.4, -0.2) is 42.2 Å². The predicted molar refractivity (Wildman–Crippen MR) is 53.3 cm³/mol. The highest BCUT2D eigenvalue weighted by molar-refractivity contribution is 7.91. The molecule has 1 rings (SSSR count). The summed E-state index contributed by atoms with van der Waals surface area (Å²) in [7, 11) is -3.61. The molecule has 0 radical (unpaired) electrons. The van der Waals surface area contributed by atoms with Crippen LogP contribution in [0.1, 0.15) is 0 Å². The van der Waals surface area contributed by atoms with Crippen LogP contribution in [-0.2, 0) is 9.84 Å². The van der Waals surface area contributed by atoms with E-state index in [4.69, 9.17) is 15.3 Å². The lowest BCUT2D eigenvalue weighted by Crippen LogP contribution is -2.24. The second-order valence-electron chi connectivity index (χ2n) is 3.11. The van der Waals surface area contributed by atoms with E-state index in [2.05, 4.69) is 0 Å². The van der Waals surface area contributed by atoms with E-state index in [0.29, 0.717) is 0 Å². The Kier molecular flexibility index (Phi) is 3.67. The van der Waals surface area contributed by atoms with Crippen molar-refractivity contribution >= 4 is 9.84 Å². The summed E-state index contributed by atoms with van der Waals surface area (Å²) in [4.78, 5) is 0.00722. The third-order valence-electron chi connectivity index (χ3n) is 1.82. The molecule has 1 aromatic carbocycles. The van der Waals surface area contributed by atoms with Gasteiger partial charge in [-0.2, -0.15) is 0 Å². The first-order valence-electron chi connectivity index (χ1n) is 4.26. The highest BCUT2D eigenvalue weighted by Crippen LogP contribution is 2.16. The molecule has 0 spiro atoms. The van der Waals surface area contributed by atoms with Crippen LogP contribution in [0.2, 0.25) is 0 Å². The molecule has 3 N–H and O–H groups in total. The monoisotopic (exact) mass is 232 g/mol. The van der Waals surface area contributed by atoms with Crippen molar-refractivity contribution in [2.24, 2.45) is 0 Å². The molecule has 0 saturated carbocycles. The van der Waals surface area contributed by atoms with E-state index >= 15 is 0 Å². The quantitative estimate of drug-likeness (QED) is 0.651. The van der Waals surface area contributed by atoms with Gasteiger partial charge in [0.25, 0.3) is 0 Å². The molecular weight excluding hydrogens is 220 g/mol. The molecule has 1 aromatic rings. The molecule has 0 aliphatic heterocycles. The molecule has 0 amide bonds. The largest absolute Gasteiger partial charge is 0.508 e. The summed E-state index contributed by atoms with van der Waals surface area (Å²) in [6, 6.07) is 4.99. The first-order chi connectivity index (χ1) is 6.95. The molecule has 1 atom stereocenters. The lowest BCUT2D eigenvalue weighted by atomic mass is 10.3. The molecule has 1 unspecified atom stereocenters. The van der Waals surface area contributed by atoms with Crippen molar-refractivity contribution in [3.63, 3.8) is 0 Å². The Morgan fingerprint density at radius 3 is 2.20 bits per heavy atom. The topological polar surface area (TPSA) is 94.8 Å². The number of aliphatic hydroxyl groups excluding tert-OH is 2. The van der Waals surface area contributed by atoms with Gasteiger partial charge in [-0.05, 0) is 24.3 Å². The second-order valence-corrected chi connectivity index (χ2v) is 5.15. The molecule has 0 fully saturated rings. The molecule has 0 aliphatic carbocycles. The van der Waals surface area contributed by atoms with Gasteiger partial charge in [-0.25, -0.2) is 8.42 Å². The predicted octanol–water partition coefficient (Wildman–Crippen LogP) is -0.481. The minimum atomic E-state index is -3.61. The van der Waals surface area contributed by atoms with Gasteiger partial charge in [-0.3, -0.25) is 0 Å². The number of rotatable bonds is 4. The van der Waals surface area contributed by atoms with Crippen LogP contribution in [0.4, 0.5) is 0 Å². The lowest BCUT2D eigenvalue weighted by molar-refractivity contribution is 0.112. The zero-order valence-electron chi connectivity index (χ0n) is 7.87. The molecule has 15 heavy (non-hydrogen) atoms. The normalized spacial score (nSPS) is 13.7. The third kappa shape index (κ3) is 3.19. The minimum Gasteiger partial charge on any atom is -0.508 e. The van der Waals surface area contributed by atoms with Gasteiger partial charge in [-0.15, -0.1) is 0 Å². The molecule has 0 aliphatic rings. The second kappa shape index (κ2) is 4.61. The van der Waals surface area contributed by atoms with E-state index in [1.54, 1.807) is 0 Å². The van der Waals surface area contributed by atoms with E-state index in [0.717, 1.165) is 0 Å². The van der Waals surface area contributed by atoms with Crippen molar-refractivity contribution in [3.8, 4) is 5.75 Å². The minimum absolute atomic E-state index is 0.00722.